The lowest BCUT2D eigenvalue weighted by molar-refractivity contribution is 0.171. The zero-order valence-corrected chi connectivity index (χ0v) is 30.9. The first kappa shape index (κ1) is 34.5. The van der Waals surface area contributed by atoms with Gasteiger partial charge in [-0.2, -0.15) is 14.9 Å². The molecule has 13 heteroatoms. The Hall–Kier alpha value is -4.91. The third-order valence-corrected chi connectivity index (χ3v) is 10.1. The van der Waals surface area contributed by atoms with Crippen LogP contribution in [0.3, 0.4) is 0 Å². The molecule has 0 spiro atoms. The normalized spacial score (nSPS) is 20.8. The first-order valence-electron chi connectivity index (χ1n) is 18.2. The Morgan fingerprint density at radius 3 is 2.47 bits per heavy atom. The number of benzene rings is 1. The van der Waals surface area contributed by atoms with Crippen LogP contribution in [0, 0.1) is 0 Å². The van der Waals surface area contributed by atoms with Crippen molar-refractivity contribution in [2.24, 2.45) is 0 Å². The number of amides is 2. The van der Waals surface area contributed by atoms with Gasteiger partial charge < -0.3 is 19.9 Å². The van der Waals surface area contributed by atoms with Crippen molar-refractivity contribution in [3.05, 3.63) is 77.7 Å². The molecule has 5 heterocycles. The highest BCUT2D eigenvalue weighted by Gasteiger charge is 2.32. The number of carbonyl (C=O) groups is 1. The van der Waals surface area contributed by atoms with E-state index >= 15 is 0 Å². The van der Waals surface area contributed by atoms with Gasteiger partial charge in [-0.15, -0.1) is 10.2 Å². The number of fused-ring (bicyclic) bond motifs is 2. The van der Waals surface area contributed by atoms with Gasteiger partial charge in [0.2, 0.25) is 5.95 Å². The van der Waals surface area contributed by atoms with Gasteiger partial charge in [0.1, 0.15) is 17.7 Å². The minimum atomic E-state index is -0.297. The van der Waals surface area contributed by atoms with Crippen LogP contribution in [0.4, 0.5) is 16.6 Å². The molecule has 1 aliphatic carbocycles. The Bertz CT molecular complexity index is 1980. The predicted octanol–water partition coefficient (Wildman–Crippen LogP) is 6.51. The topological polar surface area (TPSA) is 123 Å². The van der Waals surface area contributed by atoms with E-state index in [9.17, 15) is 4.79 Å². The molecule has 13 nitrogen and oxygen atoms in total. The van der Waals surface area contributed by atoms with E-state index in [4.69, 9.17) is 14.9 Å². The number of urea groups is 1. The number of nitrogens with one attached hydrogen (secondary N) is 2. The lowest BCUT2D eigenvalue weighted by atomic mass is 9.85. The molecule has 0 radical (unpaired) electrons. The number of piperidine rings is 1. The molecule has 7 rings (SSSR count). The first-order valence-corrected chi connectivity index (χ1v) is 18.2. The molecule has 4 atom stereocenters. The molecule has 1 aromatic carbocycles. The number of pyridine rings is 1. The highest BCUT2D eigenvalue weighted by atomic mass is 16.5. The molecule has 5 aromatic rings. The Balaban J connectivity index is 1.08. The van der Waals surface area contributed by atoms with E-state index in [0.717, 1.165) is 72.9 Å². The molecule has 0 unspecified atom stereocenters. The molecule has 0 bridgehead atoms. The molecule has 270 valence electrons. The van der Waals surface area contributed by atoms with E-state index in [1.165, 1.54) is 6.42 Å². The van der Waals surface area contributed by atoms with Crippen molar-refractivity contribution in [1.82, 2.24) is 44.4 Å². The van der Waals surface area contributed by atoms with Crippen molar-refractivity contribution in [3.63, 3.8) is 0 Å². The van der Waals surface area contributed by atoms with E-state index < -0.39 is 0 Å². The number of likely N-dealkylation sites (N-methyl/N-ethyl adjacent to an activating group) is 1. The van der Waals surface area contributed by atoms with Crippen molar-refractivity contribution < 1.29 is 9.53 Å². The van der Waals surface area contributed by atoms with E-state index in [-0.39, 0.29) is 23.6 Å². The average molecular weight is 694 g/mol. The second-order valence-corrected chi connectivity index (χ2v) is 15.4. The summed E-state index contributed by atoms with van der Waals surface area (Å²) in [7, 11) is 4.08. The fourth-order valence-corrected chi connectivity index (χ4v) is 7.32. The number of rotatable bonds is 9. The number of nitrogens with zero attached hydrogens (tertiary/aromatic N) is 9. The van der Waals surface area contributed by atoms with Gasteiger partial charge in [0, 0.05) is 42.4 Å². The van der Waals surface area contributed by atoms with Crippen molar-refractivity contribution in [3.8, 4) is 11.6 Å². The SMILES string of the molecule is C[C@@H]1CCC[C@H](C)N1c1nnc2ccc(O[C@@H]3CC[C@H](NC(=O)Nc4cc(C(C)(C)C)nn4-c4ccn(CCN(C)C)n4)c4ccccc43)cn12. The molecule has 1 aliphatic heterocycles. The second kappa shape index (κ2) is 14.0. The van der Waals surface area contributed by atoms with Crippen LogP contribution in [0.25, 0.3) is 11.5 Å². The molecule has 4 aromatic heterocycles. The summed E-state index contributed by atoms with van der Waals surface area (Å²) in [6, 6.07) is 16.3. The highest BCUT2D eigenvalue weighted by molar-refractivity contribution is 5.89. The van der Waals surface area contributed by atoms with Crippen molar-refractivity contribution in [1.29, 1.82) is 0 Å². The lowest BCUT2D eigenvalue weighted by Gasteiger charge is -2.39. The van der Waals surface area contributed by atoms with Gasteiger partial charge in [0.15, 0.2) is 11.5 Å². The number of hydrogen-bond acceptors (Lipinski definition) is 8. The van der Waals surface area contributed by atoms with E-state index in [2.05, 4.69) is 81.8 Å². The first-order chi connectivity index (χ1) is 24.4. The average Bonchev–Trinajstić information content (AvgIpc) is 3.84. The molecule has 51 heavy (non-hydrogen) atoms. The fourth-order valence-electron chi connectivity index (χ4n) is 7.32. The van der Waals surface area contributed by atoms with E-state index in [1.807, 2.05) is 67.6 Å². The number of hydrogen-bond donors (Lipinski definition) is 2. The van der Waals surface area contributed by atoms with Gasteiger partial charge in [-0.05, 0) is 83.3 Å². The summed E-state index contributed by atoms with van der Waals surface area (Å²) in [6.07, 6.45) is 8.78. The summed E-state index contributed by atoms with van der Waals surface area (Å²) >= 11 is 0. The van der Waals surface area contributed by atoms with Crippen LogP contribution in [0.15, 0.2) is 60.9 Å². The molecule has 0 saturated carbocycles. The quantitative estimate of drug-likeness (QED) is 0.179. The van der Waals surface area contributed by atoms with Crippen LogP contribution in [0.5, 0.6) is 5.75 Å². The molecular weight excluding hydrogens is 642 g/mol. The number of carbonyl (C=O) groups excluding carboxylic acids is 1. The molecule has 2 aliphatic rings. The van der Waals surface area contributed by atoms with Gasteiger partial charge >= 0.3 is 6.03 Å². The molecule has 2 N–H and O–H groups in total. The largest absolute Gasteiger partial charge is 0.484 e. The maximum Gasteiger partial charge on any atom is 0.320 e. The monoisotopic (exact) mass is 693 g/mol. The predicted molar refractivity (Wildman–Crippen MR) is 199 cm³/mol. The van der Waals surface area contributed by atoms with Crippen LogP contribution in [0.2, 0.25) is 0 Å². The van der Waals surface area contributed by atoms with E-state index in [1.54, 1.807) is 4.68 Å². The number of anilines is 2. The van der Waals surface area contributed by atoms with Crippen LogP contribution in [-0.2, 0) is 12.0 Å². The Morgan fingerprint density at radius 2 is 1.73 bits per heavy atom. The third kappa shape index (κ3) is 7.30. The summed E-state index contributed by atoms with van der Waals surface area (Å²) < 4.78 is 12.4. The molecular formula is C38H51N11O2. The van der Waals surface area contributed by atoms with Gasteiger partial charge in [0.25, 0.3) is 0 Å². The second-order valence-electron chi connectivity index (χ2n) is 15.4. The van der Waals surface area contributed by atoms with Gasteiger partial charge in [0.05, 0.1) is 24.5 Å². The Morgan fingerprint density at radius 1 is 0.961 bits per heavy atom. The van der Waals surface area contributed by atoms with Crippen LogP contribution >= 0.6 is 0 Å². The van der Waals surface area contributed by atoms with Crippen molar-refractivity contribution in [2.45, 2.75) is 103 Å². The number of ether oxygens (including phenoxy) is 1. The Kier molecular flexibility index (Phi) is 9.49. The Labute approximate surface area is 300 Å². The fraction of sp³-hybridized carbons (Fsp3) is 0.500. The number of aromatic nitrogens is 7. The van der Waals surface area contributed by atoms with Crippen LogP contribution in [-0.4, -0.2) is 77.8 Å². The lowest BCUT2D eigenvalue weighted by Crippen LogP contribution is -2.44. The minimum Gasteiger partial charge on any atom is -0.484 e. The molecule has 2 amide bonds. The zero-order valence-electron chi connectivity index (χ0n) is 30.9. The van der Waals surface area contributed by atoms with Gasteiger partial charge in [-0.25, -0.2) is 4.79 Å². The van der Waals surface area contributed by atoms with Crippen LogP contribution in [0.1, 0.15) is 95.7 Å². The maximum absolute atomic E-state index is 13.7. The van der Waals surface area contributed by atoms with Crippen molar-refractivity contribution in [2.75, 3.05) is 30.9 Å². The summed E-state index contributed by atoms with van der Waals surface area (Å²) in [6.45, 7) is 12.5. The van der Waals surface area contributed by atoms with Gasteiger partial charge in [-0.1, -0.05) is 45.0 Å². The van der Waals surface area contributed by atoms with Crippen LogP contribution < -0.4 is 20.3 Å². The summed E-state index contributed by atoms with van der Waals surface area (Å²) in [5.74, 6) is 2.84. The zero-order chi connectivity index (χ0) is 35.9. The van der Waals surface area contributed by atoms with Crippen molar-refractivity contribution >= 4 is 23.4 Å². The highest BCUT2D eigenvalue weighted by Crippen LogP contribution is 2.39. The minimum absolute atomic E-state index is 0.161. The summed E-state index contributed by atoms with van der Waals surface area (Å²) in [5, 5.41) is 25.0. The van der Waals surface area contributed by atoms with Gasteiger partial charge in [-0.3, -0.25) is 14.4 Å². The van der Waals surface area contributed by atoms with E-state index in [0.29, 0.717) is 23.7 Å². The maximum atomic E-state index is 13.7. The smallest absolute Gasteiger partial charge is 0.320 e. The summed E-state index contributed by atoms with van der Waals surface area (Å²) in [4.78, 5) is 18.2. The summed E-state index contributed by atoms with van der Waals surface area (Å²) in [5.41, 5.74) is 3.57. The third-order valence-electron chi connectivity index (χ3n) is 10.1. The molecule has 1 fully saturated rings. The standard InChI is InChI=1S/C38H51N11O2/c1-25-11-10-12-26(2)48(25)37-42-41-33-18-15-27(24-47(33)37)51-31-17-16-30(28-13-8-9-14-29(28)31)39-36(50)40-35-23-32(38(3,4)5)43-49(35)34-19-20-46(44-34)22-21-45(6)7/h8-9,13-15,18-20,23-26,30-31H,10-12,16-17,21-22H2,1-7H3,(H2,39,40,50)/t25-,26+,30-,31+/m0/s1. The molecule has 1 saturated heterocycles.